The van der Waals surface area contributed by atoms with Gasteiger partial charge in [0.2, 0.25) is 0 Å². The summed E-state index contributed by atoms with van der Waals surface area (Å²) in [6.45, 7) is 1.30. The van der Waals surface area contributed by atoms with Crippen LogP contribution in [0.2, 0.25) is 5.15 Å². The highest BCUT2D eigenvalue weighted by molar-refractivity contribution is 6.29. The first kappa shape index (κ1) is 16.5. The third-order valence-corrected chi connectivity index (χ3v) is 3.67. The third-order valence-electron chi connectivity index (χ3n) is 3.46. The minimum atomic E-state index is -0.545. The Bertz CT molecular complexity index is 552. The number of carbonyl (C=O) groups excluding carboxylic acids is 2. The van der Waals surface area contributed by atoms with Crippen LogP contribution in [-0.4, -0.2) is 41.5 Å². The topological polar surface area (TPSA) is 59.5 Å². The maximum absolute atomic E-state index is 12.0. The largest absolute Gasteiger partial charge is 0.452 e. The summed E-state index contributed by atoms with van der Waals surface area (Å²) in [7, 11) is 0. The van der Waals surface area contributed by atoms with Gasteiger partial charge < -0.3 is 9.64 Å². The zero-order valence-electron chi connectivity index (χ0n) is 12.3. The molecule has 5 nitrogen and oxygen atoms in total. The number of halogens is 1. The van der Waals surface area contributed by atoms with Gasteiger partial charge in [0.15, 0.2) is 6.61 Å². The van der Waals surface area contributed by atoms with Crippen molar-refractivity contribution in [2.75, 3.05) is 19.7 Å². The molecule has 1 aliphatic rings. The molecule has 1 aromatic rings. The first-order valence-corrected chi connectivity index (χ1v) is 7.77. The summed E-state index contributed by atoms with van der Waals surface area (Å²) in [5, 5.41) is 0.354. The van der Waals surface area contributed by atoms with Crippen LogP contribution in [0.3, 0.4) is 0 Å². The zero-order chi connectivity index (χ0) is 15.8. The second-order valence-electron chi connectivity index (χ2n) is 5.15. The first-order chi connectivity index (χ1) is 10.6. The van der Waals surface area contributed by atoms with Gasteiger partial charge in [0, 0.05) is 25.4 Å². The lowest BCUT2D eigenvalue weighted by Gasteiger charge is -2.19. The van der Waals surface area contributed by atoms with E-state index in [-0.39, 0.29) is 12.5 Å². The summed E-state index contributed by atoms with van der Waals surface area (Å²) < 4.78 is 4.98. The molecule has 0 aliphatic carbocycles. The van der Waals surface area contributed by atoms with Gasteiger partial charge in [-0.25, -0.2) is 9.78 Å². The maximum atomic E-state index is 12.0. The van der Waals surface area contributed by atoms with Crippen molar-refractivity contribution in [2.24, 2.45) is 0 Å². The molecule has 118 valence electrons. The molecule has 6 heteroatoms. The van der Waals surface area contributed by atoms with E-state index in [0.717, 1.165) is 44.3 Å². The van der Waals surface area contributed by atoms with Crippen molar-refractivity contribution in [3.8, 4) is 0 Å². The Balaban J connectivity index is 1.78. The molecular weight excluding hydrogens is 304 g/mol. The van der Waals surface area contributed by atoms with Gasteiger partial charge in [-0.05, 0) is 36.6 Å². The van der Waals surface area contributed by atoms with E-state index in [2.05, 4.69) is 4.98 Å². The molecule has 22 heavy (non-hydrogen) atoms. The SMILES string of the molecule is O=C(/C=C/c1ccnc(Cl)c1)OCC(=O)N1CCCCCC1. The minimum Gasteiger partial charge on any atom is -0.452 e. The lowest BCUT2D eigenvalue weighted by atomic mass is 10.2. The molecule has 0 unspecified atom stereocenters. The number of hydrogen-bond donors (Lipinski definition) is 0. The fraction of sp³-hybridized carbons (Fsp3) is 0.438. The number of nitrogens with zero attached hydrogens (tertiary/aromatic N) is 2. The molecule has 0 saturated carbocycles. The van der Waals surface area contributed by atoms with E-state index in [9.17, 15) is 9.59 Å². The normalized spacial score (nSPS) is 15.6. The van der Waals surface area contributed by atoms with Crippen LogP contribution in [0, 0.1) is 0 Å². The van der Waals surface area contributed by atoms with E-state index in [1.54, 1.807) is 29.3 Å². The molecule has 1 saturated heterocycles. The average Bonchev–Trinajstić information content (AvgIpc) is 2.80. The van der Waals surface area contributed by atoms with E-state index < -0.39 is 5.97 Å². The minimum absolute atomic E-state index is 0.129. The van der Waals surface area contributed by atoms with E-state index in [0.29, 0.717) is 5.15 Å². The number of carbonyl (C=O) groups is 2. The van der Waals surface area contributed by atoms with Crippen LogP contribution < -0.4 is 0 Å². The molecule has 1 amide bonds. The number of pyridine rings is 1. The van der Waals surface area contributed by atoms with Crippen molar-refractivity contribution in [2.45, 2.75) is 25.7 Å². The predicted octanol–water partition coefficient (Wildman–Crippen LogP) is 2.69. The molecule has 1 aliphatic heterocycles. The van der Waals surface area contributed by atoms with Gasteiger partial charge in [0.25, 0.3) is 5.91 Å². The molecule has 2 rings (SSSR count). The first-order valence-electron chi connectivity index (χ1n) is 7.39. The van der Waals surface area contributed by atoms with Gasteiger partial charge in [0.05, 0.1) is 0 Å². The molecule has 0 bridgehead atoms. The van der Waals surface area contributed by atoms with Crippen molar-refractivity contribution in [3.05, 3.63) is 35.1 Å². The molecular formula is C16H19ClN2O3. The van der Waals surface area contributed by atoms with Crippen LogP contribution >= 0.6 is 11.6 Å². The summed E-state index contributed by atoms with van der Waals surface area (Å²) in [6, 6.07) is 3.35. The van der Waals surface area contributed by atoms with Crippen molar-refractivity contribution in [3.63, 3.8) is 0 Å². The van der Waals surface area contributed by atoms with Gasteiger partial charge in [-0.3, -0.25) is 4.79 Å². The van der Waals surface area contributed by atoms with Crippen molar-refractivity contribution in [1.82, 2.24) is 9.88 Å². The average molecular weight is 323 g/mol. The standard InChI is InChI=1S/C16H19ClN2O3/c17-14-11-13(7-8-18-14)5-6-16(21)22-12-15(20)19-9-3-1-2-4-10-19/h5-8,11H,1-4,9-10,12H2/b6-5+. The summed E-state index contributed by atoms with van der Waals surface area (Å²) >= 11 is 5.75. The third kappa shape index (κ3) is 5.48. The van der Waals surface area contributed by atoms with E-state index in [4.69, 9.17) is 16.3 Å². The van der Waals surface area contributed by atoms with Gasteiger partial charge in [-0.2, -0.15) is 0 Å². The molecule has 0 N–H and O–H groups in total. The van der Waals surface area contributed by atoms with E-state index in [1.165, 1.54) is 6.08 Å². The molecule has 1 fully saturated rings. The van der Waals surface area contributed by atoms with Crippen LogP contribution in [0.15, 0.2) is 24.4 Å². The van der Waals surface area contributed by atoms with E-state index >= 15 is 0 Å². The lowest BCUT2D eigenvalue weighted by molar-refractivity contribution is -0.148. The second kappa shape index (κ2) is 8.54. The lowest BCUT2D eigenvalue weighted by Crippen LogP contribution is -2.35. The Morgan fingerprint density at radius 3 is 2.68 bits per heavy atom. The maximum Gasteiger partial charge on any atom is 0.331 e. The summed E-state index contributed by atoms with van der Waals surface area (Å²) in [5.41, 5.74) is 0.746. The highest BCUT2D eigenvalue weighted by atomic mass is 35.5. The Labute approximate surface area is 134 Å². The summed E-state index contributed by atoms with van der Waals surface area (Å²) in [4.78, 5) is 29.2. The quantitative estimate of drug-likeness (QED) is 0.486. The zero-order valence-corrected chi connectivity index (χ0v) is 13.1. The van der Waals surface area contributed by atoms with Crippen LogP contribution in [0.4, 0.5) is 0 Å². The van der Waals surface area contributed by atoms with Crippen LogP contribution in [0.5, 0.6) is 0 Å². The molecule has 0 aromatic carbocycles. The predicted molar refractivity (Wildman–Crippen MR) is 84.3 cm³/mol. The molecule has 0 radical (unpaired) electrons. The summed E-state index contributed by atoms with van der Waals surface area (Å²) in [6.07, 6.45) is 8.75. The number of esters is 1. The Morgan fingerprint density at radius 2 is 2.00 bits per heavy atom. The fourth-order valence-corrected chi connectivity index (χ4v) is 2.46. The number of hydrogen-bond acceptors (Lipinski definition) is 4. The number of rotatable bonds is 4. The summed E-state index contributed by atoms with van der Waals surface area (Å²) in [5.74, 6) is -0.674. The number of amides is 1. The molecule has 1 aromatic heterocycles. The Kier molecular flexibility index (Phi) is 6.40. The van der Waals surface area contributed by atoms with Crippen molar-refractivity contribution in [1.29, 1.82) is 0 Å². The van der Waals surface area contributed by atoms with Gasteiger partial charge in [-0.1, -0.05) is 24.4 Å². The number of ether oxygens (including phenoxy) is 1. The smallest absolute Gasteiger partial charge is 0.331 e. The molecule has 0 spiro atoms. The van der Waals surface area contributed by atoms with Gasteiger partial charge in [-0.15, -0.1) is 0 Å². The van der Waals surface area contributed by atoms with Crippen molar-refractivity contribution >= 4 is 29.6 Å². The molecule has 0 atom stereocenters. The molecule has 2 heterocycles. The van der Waals surface area contributed by atoms with Crippen molar-refractivity contribution < 1.29 is 14.3 Å². The fourth-order valence-electron chi connectivity index (χ4n) is 2.28. The highest BCUT2D eigenvalue weighted by Gasteiger charge is 2.16. The Hall–Kier alpha value is -1.88. The van der Waals surface area contributed by atoms with Crippen LogP contribution in [-0.2, 0) is 14.3 Å². The number of aromatic nitrogens is 1. The highest BCUT2D eigenvalue weighted by Crippen LogP contribution is 2.10. The number of likely N-dealkylation sites (tertiary alicyclic amines) is 1. The monoisotopic (exact) mass is 322 g/mol. The van der Waals surface area contributed by atoms with Crippen LogP contribution in [0.1, 0.15) is 31.2 Å². The van der Waals surface area contributed by atoms with E-state index in [1.807, 2.05) is 0 Å². The Morgan fingerprint density at radius 1 is 1.27 bits per heavy atom. The van der Waals surface area contributed by atoms with Gasteiger partial charge >= 0.3 is 5.97 Å². The van der Waals surface area contributed by atoms with Gasteiger partial charge in [0.1, 0.15) is 5.15 Å². The second-order valence-corrected chi connectivity index (χ2v) is 5.54. The van der Waals surface area contributed by atoms with Crippen LogP contribution in [0.25, 0.3) is 6.08 Å².